The fourth-order valence-corrected chi connectivity index (χ4v) is 3.05. The van der Waals surface area contributed by atoms with Crippen LogP contribution in [0.1, 0.15) is 19.3 Å². The summed E-state index contributed by atoms with van der Waals surface area (Å²) in [7, 11) is 0. The second-order valence-corrected chi connectivity index (χ2v) is 5.84. The van der Waals surface area contributed by atoms with E-state index in [1.54, 1.807) is 18.0 Å². The number of anilines is 1. The van der Waals surface area contributed by atoms with E-state index in [9.17, 15) is 4.79 Å². The van der Waals surface area contributed by atoms with Gasteiger partial charge in [0.05, 0.1) is 17.1 Å². The van der Waals surface area contributed by atoms with Crippen LogP contribution in [0.3, 0.4) is 0 Å². The first-order valence-electron chi connectivity index (χ1n) is 5.30. The van der Waals surface area contributed by atoms with Crippen molar-refractivity contribution in [2.75, 3.05) is 11.1 Å². The summed E-state index contributed by atoms with van der Waals surface area (Å²) in [5.41, 5.74) is 0.763. The number of thioether (sulfide) groups is 1. The first-order chi connectivity index (χ1) is 7.75. The molecule has 1 unspecified atom stereocenters. The van der Waals surface area contributed by atoms with E-state index in [4.69, 9.17) is 0 Å². The number of hydrogen-bond acceptors (Lipinski definition) is 3. The number of pyridine rings is 1. The average molecular weight is 301 g/mol. The van der Waals surface area contributed by atoms with Crippen molar-refractivity contribution in [1.82, 2.24) is 4.98 Å². The minimum Gasteiger partial charge on any atom is -0.324 e. The normalized spacial score (nSPS) is 20.4. The molecular formula is C11H13BrN2OS. The largest absolute Gasteiger partial charge is 0.324 e. The van der Waals surface area contributed by atoms with E-state index in [0.29, 0.717) is 0 Å². The molecule has 0 aromatic carbocycles. The van der Waals surface area contributed by atoms with Gasteiger partial charge in [-0.15, -0.1) is 11.8 Å². The standard InChI is InChI=1S/C11H13BrN2OS/c12-10-5-4-8(7-13-10)14-11(15)9-3-1-2-6-16-9/h4-5,7,9H,1-3,6H2,(H,14,15). The van der Waals surface area contributed by atoms with E-state index in [-0.39, 0.29) is 11.2 Å². The first-order valence-corrected chi connectivity index (χ1v) is 7.14. The van der Waals surface area contributed by atoms with Crippen LogP contribution in [0.5, 0.6) is 0 Å². The maximum Gasteiger partial charge on any atom is 0.237 e. The van der Waals surface area contributed by atoms with Gasteiger partial charge >= 0.3 is 0 Å². The topological polar surface area (TPSA) is 42.0 Å². The monoisotopic (exact) mass is 300 g/mol. The van der Waals surface area contributed by atoms with Crippen LogP contribution < -0.4 is 5.32 Å². The van der Waals surface area contributed by atoms with E-state index >= 15 is 0 Å². The van der Waals surface area contributed by atoms with E-state index in [0.717, 1.165) is 28.9 Å². The van der Waals surface area contributed by atoms with Gasteiger partial charge in [-0.3, -0.25) is 4.79 Å². The van der Waals surface area contributed by atoms with E-state index in [1.165, 1.54) is 6.42 Å². The molecular weight excluding hydrogens is 288 g/mol. The first kappa shape index (κ1) is 11.9. The van der Waals surface area contributed by atoms with Crippen molar-refractivity contribution in [3.8, 4) is 0 Å². The molecule has 0 spiro atoms. The predicted octanol–water partition coefficient (Wildman–Crippen LogP) is 3.07. The molecule has 1 aromatic rings. The number of nitrogens with zero attached hydrogens (tertiary/aromatic N) is 1. The fraction of sp³-hybridized carbons (Fsp3) is 0.455. The Morgan fingerprint density at radius 3 is 3.00 bits per heavy atom. The van der Waals surface area contributed by atoms with Gasteiger partial charge in [-0.25, -0.2) is 4.98 Å². The highest BCUT2D eigenvalue weighted by Crippen LogP contribution is 2.26. The summed E-state index contributed by atoms with van der Waals surface area (Å²) in [5.74, 6) is 1.20. The third-order valence-corrected chi connectivity index (χ3v) is 4.31. The average Bonchev–Trinajstić information content (AvgIpc) is 2.33. The van der Waals surface area contributed by atoms with Gasteiger partial charge in [-0.05, 0) is 46.7 Å². The molecule has 2 rings (SSSR count). The van der Waals surface area contributed by atoms with Crippen LogP contribution >= 0.6 is 27.7 Å². The third-order valence-electron chi connectivity index (χ3n) is 2.47. The molecule has 1 aliphatic heterocycles. The molecule has 3 nitrogen and oxygen atoms in total. The maximum absolute atomic E-state index is 11.9. The lowest BCUT2D eigenvalue weighted by molar-refractivity contribution is -0.115. The Morgan fingerprint density at radius 1 is 1.50 bits per heavy atom. The van der Waals surface area contributed by atoms with Crippen LogP contribution in [0.4, 0.5) is 5.69 Å². The molecule has 0 radical (unpaired) electrons. The lowest BCUT2D eigenvalue weighted by Crippen LogP contribution is -2.27. The van der Waals surface area contributed by atoms with E-state index in [1.807, 2.05) is 12.1 Å². The Bertz CT molecular complexity index is 363. The van der Waals surface area contributed by atoms with Crippen LogP contribution in [-0.2, 0) is 4.79 Å². The van der Waals surface area contributed by atoms with Gasteiger partial charge in [0.15, 0.2) is 0 Å². The SMILES string of the molecule is O=C(Nc1ccc(Br)nc1)C1CCCCS1. The summed E-state index contributed by atoms with van der Waals surface area (Å²) in [6, 6.07) is 3.67. The minimum absolute atomic E-state index is 0.105. The Morgan fingerprint density at radius 2 is 2.38 bits per heavy atom. The molecule has 0 saturated carbocycles. The van der Waals surface area contributed by atoms with Gasteiger partial charge in [0.1, 0.15) is 4.60 Å². The van der Waals surface area contributed by atoms with Gasteiger partial charge in [0.25, 0.3) is 0 Å². The van der Waals surface area contributed by atoms with Gasteiger partial charge in [0.2, 0.25) is 5.91 Å². The molecule has 2 heterocycles. The smallest absolute Gasteiger partial charge is 0.237 e. The summed E-state index contributed by atoms with van der Waals surface area (Å²) >= 11 is 5.01. The second kappa shape index (κ2) is 5.68. The lowest BCUT2D eigenvalue weighted by Gasteiger charge is -2.20. The fourth-order valence-electron chi connectivity index (χ4n) is 1.62. The van der Waals surface area contributed by atoms with Crippen molar-refractivity contribution in [1.29, 1.82) is 0 Å². The van der Waals surface area contributed by atoms with Crippen LogP contribution in [0.15, 0.2) is 22.9 Å². The molecule has 1 amide bonds. The highest BCUT2D eigenvalue weighted by Gasteiger charge is 2.21. The Hall–Kier alpha value is -0.550. The summed E-state index contributed by atoms with van der Waals surface area (Å²) in [5, 5.41) is 3.00. The Labute approximate surface area is 108 Å². The van der Waals surface area contributed by atoms with Crippen molar-refractivity contribution in [3.05, 3.63) is 22.9 Å². The molecule has 16 heavy (non-hydrogen) atoms. The van der Waals surface area contributed by atoms with Crippen molar-refractivity contribution in [3.63, 3.8) is 0 Å². The molecule has 1 aliphatic rings. The number of carbonyl (C=O) groups excluding carboxylic acids is 1. The zero-order valence-corrected chi connectivity index (χ0v) is 11.2. The van der Waals surface area contributed by atoms with E-state index < -0.39 is 0 Å². The molecule has 1 fully saturated rings. The molecule has 1 saturated heterocycles. The minimum atomic E-state index is 0.105. The Balaban J connectivity index is 1.93. The third kappa shape index (κ3) is 3.22. The number of rotatable bonds is 2. The molecule has 5 heteroatoms. The molecule has 1 N–H and O–H groups in total. The van der Waals surface area contributed by atoms with Crippen LogP contribution in [0.2, 0.25) is 0 Å². The van der Waals surface area contributed by atoms with Crippen molar-refractivity contribution in [2.24, 2.45) is 0 Å². The summed E-state index contributed by atoms with van der Waals surface area (Å²) < 4.78 is 0.776. The number of nitrogens with one attached hydrogen (secondary N) is 1. The Kier molecular flexibility index (Phi) is 4.23. The van der Waals surface area contributed by atoms with Gasteiger partial charge in [-0.1, -0.05) is 6.42 Å². The number of amides is 1. The van der Waals surface area contributed by atoms with Crippen LogP contribution in [0, 0.1) is 0 Å². The van der Waals surface area contributed by atoms with Gasteiger partial charge < -0.3 is 5.32 Å². The number of carbonyl (C=O) groups is 1. The molecule has 86 valence electrons. The molecule has 1 atom stereocenters. The maximum atomic E-state index is 11.9. The van der Waals surface area contributed by atoms with Crippen molar-refractivity contribution < 1.29 is 4.79 Å². The van der Waals surface area contributed by atoms with E-state index in [2.05, 4.69) is 26.2 Å². The summed E-state index contributed by atoms with van der Waals surface area (Å²) in [6.07, 6.45) is 5.04. The van der Waals surface area contributed by atoms with Gasteiger partial charge in [0, 0.05) is 0 Å². The van der Waals surface area contributed by atoms with Crippen molar-refractivity contribution >= 4 is 39.3 Å². The quantitative estimate of drug-likeness (QED) is 0.854. The summed E-state index contributed by atoms with van der Waals surface area (Å²) in [6.45, 7) is 0. The van der Waals surface area contributed by atoms with Crippen LogP contribution in [-0.4, -0.2) is 21.9 Å². The lowest BCUT2D eigenvalue weighted by atomic mass is 10.2. The predicted molar refractivity (Wildman–Crippen MR) is 70.7 cm³/mol. The molecule has 0 aliphatic carbocycles. The van der Waals surface area contributed by atoms with Gasteiger partial charge in [-0.2, -0.15) is 0 Å². The number of aromatic nitrogens is 1. The number of hydrogen-bond donors (Lipinski definition) is 1. The highest BCUT2D eigenvalue weighted by molar-refractivity contribution is 9.10. The second-order valence-electron chi connectivity index (χ2n) is 3.71. The van der Waals surface area contributed by atoms with Crippen molar-refractivity contribution in [2.45, 2.75) is 24.5 Å². The number of halogens is 1. The molecule has 0 bridgehead atoms. The zero-order valence-electron chi connectivity index (χ0n) is 8.78. The van der Waals surface area contributed by atoms with Crippen LogP contribution in [0.25, 0.3) is 0 Å². The highest BCUT2D eigenvalue weighted by atomic mass is 79.9. The molecule has 1 aromatic heterocycles. The zero-order chi connectivity index (χ0) is 11.4. The summed E-state index contributed by atoms with van der Waals surface area (Å²) in [4.78, 5) is 16.0.